The zero-order valence-electron chi connectivity index (χ0n) is 15.1. The van der Waals surface area contributed by atoms with Crippen LogP contribution in [0.3, 0.4) is 0 Å². The first kappa shape index (κ1) is 18.5. The van der Waals surface area contributed by atoms with Crippen molar-refractivity contribution in [3.8, 4) is 11.4 Å². The number of hydrogen-bond acceptors (Lipinski definition) is 6. The Kier molecular flexibility index (Phi) is 5.29. The van der Waals surface area contributed by atoms with Crippen molar-refractivity contribution in [3.05, 3.63) is 66.2 Å². The summed E-state index contributed by atoms with van der Waals surface area (Å²) in [4.78, 5) is 12.0. The number of carbonyl (C=O) groups is 1. The number of aromatic nitrogens is 3. The molecule has 2 aromatic carbocycles. The van der Waals surface area contributed by atoms with Crippen LogP contribution < -0.4 is 4.74 Å². The predicted molar refractivity (Wildman–Crippen MR) is 102 cm³/mol. The van der Waals surface area contributed by atoms with E-state index in [1.54, 1.807) is 18.2 Å². The van der Waals surface area contributed by atoms with E-state index in [1.807, 2.05) is 41.8 Å². The lowest BCUT2D eigenvalue weighted by molar-refractivity contribution is -0.140. The maximum atomic E-state index is 13.8. The highest BCUT2D eigenvalue weighted by Gasteiger charge is 2.34. The van der Waals surface area contributed by atoms with Crippen molar-refractivity contribution in [3.63, 3.8) is 0 Å². The first-order valence-corrected chi connectivity index (χ1v) is 9.74. The highest BCUT2D eigenvalue weighted by atomic mass is 32.2. The fourth-order valence-corrected chi connectivity index (χ4v) is 4.13. The number of cyclic esters (lactones) is 1. The van der Waals surface area contributed by atoms with Gasteiger partial charge in [0.1, 0.15) is 18.0 Å². The number of halogens is 1. The molecule has 1 aliphatic rings. The third-order valence-corrected chi connectivity index (χ3v) is 5.43. The molecule has 0 radical (unpaired) electrons. The SMILES string of the molecule is C[C@@H]1C[C@H](Sc2nnc(COc3ccccc3F)n2-c2ccccc2)C(=O)O1. The van der Waals surface area contributed by atoms with Gasteiger partial charge in [-0.05, 0) is 31.2 Å². The Bertz CT molecular complexity index is 980. The molecule has 8 heteroatoms. The van der Waals surface area contributed by atoms with E-state index in [0.29, 0.717) is 17.4 Å². The fraction of sp³-hybridized carbons (Fsp3) is 0.250. The summed E-state index contributed by atoms with van der Waals surface area (Å²) in [5, 5.41) is 8.69. The van der Waals surface area contributed by atoms with Gasteiger partial charge >= 0.3 is 5.97 Å². The van der Waals surface area contributed by atoms with E-state index < -0.39 is 5.82 Å². The van der Waals surface area contributed by atoms with Crippen LogP contribution in [0.25, 0.3) is 5.69 Å². The van der Waals surface area contributed by atoms with Gasteiger partial charge < -0.3 is 9.47 Å². The van der Waals surface area contributed by atoms with Crippen LogP contribution in [0, 0.1) is 5.82 Å². The van der Waals surface area contributed by atoms with E-state index in [2.05, 4.69) is 10.2 Å². The summed E-state index contributed by atoms with van der Waals surface area (Å²) in [7, 11) is 0. The Balaban J connectivity index is 1.62. The van der Waals surface area contributed by atoms with Gasteiger partial charge in [-0.25, -0.2) is 4.39 Å². The lowest BCUT2D eigenvalue weighted by Gasteiger charge is -2.12. The Morgan fingerprint density at radius 3 is 2.64 bits per heavy atom. The van der Waals surface area contributed by atoms with Gasteiger partial charge in [-0.3, -0.25) is 9.36 Å². The van der Waals surface area contributed by atoms with Crippen LogP contribution in [0.15, 0.2) is 59.8 Å². The molecule has 144 valence electrons. The van der Waals surface area contributed by atoms with Crippen LogP contribution in [0.1, 0.15) is 19.2 Å². The fourth-order valence-electron chi connectivity index (χ4n) is 2.95. The molecular formula is C20H18FN3O3S. The van der Waals surface area contributed by atoms with Crippen LogP contribution in [-0.4, -0.2) is 32.1 Å². The minimum Gasteiger partial charge on any atom is -0.483 e. The molecule has 2 heterocycles. The summed E-state index contributed by atoms with van der Waals surface area (Å²) in [6, 6.07) is 15.7. The molecule has 1 fully saturated rings. The highest BCUT2D eigenvalue weighted by molar-refractivity contribution is 8.00. The van der Waals surface area contributed by atoms with Gasteiger partial charge in [-0.1, -0.05) is 42.1 Å². The van der Waals surface area contributed by atoms with Crippen molar-refractivity contribution < 1.29 is 18.7 Å². The van der Waals surface area contributed by atoms with E-state index in [-0.39, 0.29) is 29.7 Å². The average Bonchev–Trinajstić information content (AvgIpc) is 3.24. The second-order valence-corrected chi connectivity index (χ2v) is 7.55. The topological polar surface area (TPSA) is 66.2 Å². The standard InChI is InChI=1S/C20H18FN3O3S/c1-13-11-17(19(25)27-13)28-20-23-22-18(24(20)14-7-3-2-4-8-14)12-26-16-10-6-5-9-15(16)21/h2-10,13,17H,11-12H2,1H3/t13-,17+/m1/s1. The summed E-state index contributed by atoms with van der Waals surface area (Å²) in [6.45, 7) is 1.91. The van der Waals surface area contributed by atoms with Gasteiger partial charge in [0.05, 0.1) is 0 Å². The molecular weight excluding hydrogens is 381 g/mol. The molecule has 2 atom stereocenters. The number of thioether (sulfide) groups is 1. The smallest absolute Gasteiger partial charge is 0.319 e. The third-order valence-electron chi connectivity index (χ3n) is 4.28. The maximum absolute atomic E-state index is 13.8. The molecule has 6 nitrogen and oxygen atoms in total. The van der Waals surface area contributed by atoms with Gasteiger partial charge in [0.15, 0.2) is 22.5 Å². The number of carbonyl (C=O) groups excluding carboxylic acids is 1. The lowest BCUT2D eigenvalue weighted by atomic mass is 10.3. The van der Waals surface area contributed by atoms with E-state index in [4.69, 9.17) is 9.47 Å². The van der Waals surface area contributed by atoms with Crippen molar-refractivity contribution in [2.75, 3.05) is 0 Å². The number of ether oxygens (including phenoxy) is 2. The first-order chi connectivity index (χ1) is 13.6. The summed E-state index contributed by atoms with van der Waals surface area (Å²) in [5.41, 5.74) is 0.835. The Morgan fingerprint density at radius 2 is 1.93 bits per heavy atom. The van der Waals surface area contributed by atoms with Crippen molar-refractivity contribution in [2.45, 2.75) is 36.5 Å². The molecule has 0 aliphatic carbocycles. The second kappa shape index (κ2) is 8.02. The van der Waals surface area contributed by atoms with Crippen molar-refractivity contribution in [1.82, 2.24) is 14.8 Å². The van der Waals surface area contributed by atoms with Gasteiger partial charge in [-0.2, -0.15) is 0 Å². The zero-order chi connectivity index (χ0) is 19.5. The first-order valence-electron chi connectivity index (χ1n) is 8.86. The van der Waals surface area contributed by atoms with Crippen LogP contribution in [-0.2, 0) is 16.1 Å². The quantitative estimate of drug-likeness (QED) is 0.588. The summed E-state index contributed by atoms with van der Waals surface area (Å²) in [6.07, 6.45) is 0.508. The van der Waals surface area contributed by atoms with Crippen LogP contribution in [0.2, 0.25) is 0 Å². The van der Waals surface area contributed by atoms with Crippen molar-refractivity contribution in [2.24, 2.45) is 0 Å². The number of benzene rings is 2. The average molecular weight is 399 g/mol. The van der Waals surface area contributed by atoms with Gasteiger partial charge in [-0.15, -0.1) is 10.2 Å². The van der Waals surface area contributed by atoms with Gasteiger partial charge in [0.2, 0.25) is 0 Å². The normalized spacial score (nSPS) is 18.9. The van der Waals surface area contributed by atoms with E-state index in [1.165, 1.54) is 17.8 Å². The minimum atomic E-state index is -0.439. The number of esters is 1. The summed E-state index contributed by atoms with van der Waals surface area (Å²) < 4.78 is 26.5. The maximum Gasteiger partial charge on any atom is 0.319 e. The molecule has 3 aromatic rings. The minimum absolute atomic E-state index is 0.0366. The molecule has 4 rings (SSSR count). The summed E-state index contributed by atoms with van der Waals surface area (Å²) in [5.74, 6) is -0.0290. The number of nitrogens with zero attached hydrogens (tertiary/aromatic N) is 3. The van der Waals surface area contributed by atoms with Crippen LogP contribution in [0.5, 0.6) is 5.75 Å². The third kappa shape index (κ3) is 3.87. The Hall–Kier alpha value is -2.87. The van der Waals surface area contributed by atoms with Gasteiger partial charge in [0, 0.05) is 12.1 Å². The van der Waals surface area contributed by atoms with Crippen molar-refractivity contribution in [1.29, 1.82) is 0 Å². The molecule has 1 aliphatic heterocycles. The second-order valence-electron chi connectivity index (χ2n) is 6.38. The van der Waals surface area contributed by atoms with E-state index >= 15 is 0 Å². The number of rotatable bonds is 6. The molecule has 1 aromatic heterocycles. The molecule has 0 amide bonds. The molecule has 0 spiro atoms. The van der Waals surface area contributed by atoms with Gasteiger partial charge in [0.25, 0.3) is 0 Å². The number of hydrogen-bond donors (Lipinski definition) is 0. The molecule has 1 saturated heterocycles. The zero-order valence-corrected chi connectivity index (χ0v) is 15.9. The molecule has 0 N–H and O–H groups in total. The van der Waals surface area contributed by atoms with Crippen LogP contribution >= 0.6 is 11.8 Å². The lowest BCUT2D eigenvalue weighted by Crippen LogP contribution is -2.12. The molecule has 0 unspecified atom stereocenters. The summed E-state index contributed by atoms with van der Waals surface area (Å²) >= 11 is 1.32. The Morgan fingerprint density at radius 1 is 1.18 bits per heavy atom. The highest BCUT2D eigenvalue weighted by Crippen LogP contribution is 2.33. The number of para-hydroxylation sites is 2. The van der Waals surface area contributed by atoms with E-state index in [0.717, 1.165) is 5.69 Å². The predicted octanol–water partition coefficient (Wildman–Crippen LogP) is 3.78. The van der Waals surface area contributed by atoms with E-state index in [9.17, 15) is 9.18 Å². The largest absolute Gasteiger partial charge is 0.483 e. The monoisotopic (exact) mass is 399 g/mol. The molecule has 0 saturated carbocycles. The van der Waals surface area contributed by atoms with Crippen LogP contribution in [0.4, 0.5) is 4.39 Å². The molecule has 28 heavy (non-hydrogen) atoms. The molecule has 0 bridgehead atoms. The van der Waals surface area contributed by atoms with Crippen molar-refractivity contribution >= 4 is 17.7 Å². The Labute approximate surface area is 165 Å².